The molecule has 0 saturated carbocycles. The van der Waals surface area contributed by atoms with E-state index in [9.17, 15) is 4.79 Å². The van der Waals surface area contributed by atoms with Crippen molar-refractivity contribution in [2.24, 2.45) is 0 Å². The second-order valence-electron chi connectivity index (χ2n) is 7.23. The van der Waals surface area contributed by atoms with Gasteiger partial charge in [0.2, 0.25) is 5.91 Å². The lowest BCUT2D eigenvalue weighted by molar-refractivity contribution is -0.119. The van der Waals surface area contributed by atoms with Crippen molar-refractivity contribution in [3.05, 3.63) is 48.5 Å². The van der Waals surface area contributed by atoms with Crippen LogP contribution in [0.25, 0.3) is 16.7 Å². The van der Waals surface area contributed by atoms with Gasteiger partial charge in [-0.1, -0.05) is 23.9 Å². The molecule has 142 valence electrons. The number of hydrogen-bond acceptors (Lipinski definition) is 4. The van der Waals surface area contributed by atoms with Crippen LogP contribution in [0.1, 0.15) is 27.7 Å². The highest BCUT2D eigenvalue weighted by molar-refractivity contribution is 7.99. The molecule has 1 aromatic heterocycles. The van der Waals surface area contributed by atoms with Crippen molar-refractivity contribution in [1.29, 1.82) is 0 Å². The third-order valence-electron chi connectivity index (χ3n) is 3.78. The van der Waals surface area contributed by atoms with E-state index in [2.05, 4.69) is 9.88 Å². The standard InChI is InChI=1S/C21H25N3O2S/c1-5-26-16-12-10-15(11-13-16)24-18-9-7-6-8-17(18)22-20(24)27-14-19(25)23-21(2,3)4/h6-13H,5,14H2,1-4H3,(H,23,25). The number of carbonyl (C=O) groups excluding carboxylic acids is 1. The molecule has 0 unspecified atom stereocenters. The van der Waals surface area contributed by atoms with Gasteiger partial charge in [0.05, 0.1) is 23.4 Å². The van der Waals surface area contributed by atoms with Gasteiger partial charge in [-0.2, -0.15) is 0 Å². The van der Waals surface area contributed by atoms with E-state index in [1.807, 2.05) is 76.2 Å². The SMILES string of the molecule is CCOc1ccc(-n2c(SCC(=O)NC(C)(C)C)nc3ccccc32)cc1. The van der Waals surface area contributed by atoms with E-state index in [4.69, 9.17) is 9.72 Å². The zero-order chi connectivity index (χ0) is 19.4. The van der Waals surface area contributed by atoms with E-state index in [0.29, 0.717) is 12.4 Å². The first-order chi connectivity index (χ1) is 12.9. The lowest BCUT2D eigenvalue weighted by atomic mass is 10.1. The second-order valence-corrected chi connectivity index (χ2v) is 8.17. The third-order valence-corrected chi connectivity index (χ3v) is 4.72. The average Bonchev–Trinajstić information content (AvgIpc) is 2.98. The summed E-state index contributed by atoms with van der Waals surface area (Å²) >= 11 is 1.44. The van der Waals surface area contributed by atoms with Gasteiger partial charge >= 0.3 is 0 Å². The number of ether oxygens (including phenoxy) is 1. The molecule has 3 aromatic rings. The van der Waals surface area contributed by atoms with Crippen LogP contribution in [-0.2, 0) is 4.79 Å². The summed E-state index contributed by atoms with van der Waals surface area (Å²) in [4.78, 5) is 17.0. The fourth-order valence-corrected chi connectivity index (χ4v) is 3.62. The lowest BCUT2D eigenvalue weighted by Gasteiger charge is -2.20. The van der Waals surface area contributed by atoms with Gasteiger partial charge in [0.15, 0.2) is 5.16 Å². The van der Waals surface area contributed by atoms with Gasteiger partial charge in [-0.3, -0.25) is 9.36 Å². The van der Waals surface area contributed by atoms with Gasteiger partial charge in [-0.25, -0.2) is 4.98 Å². The van der Waals surface area contributed by atoms with E-state index >= 15 is 0 Å². The average molecular weight is 384 g/mol. The molecule has 1 amide bonds. The Morgan fingerprint density at radius 3 is 2.52 bits per heavy atom. The summed E-state index contributed by atoms with van der Waals surface area (Å²) in [5.74, 6) is 1.15. The molecule has 0 aliphatic rings. The van der Waals surface area contributed by atoms with E-state index in [1.54, 1.807) is 0 Å². The van der Waals surface area contributed by atoms with E-state index in [-0.39, 0.29) is 11.4 Å². The van der Waals surface area contributed by atoms with Crippen LogP contribution in [0.4, 0.5) is 0 Å². The molecule has 1 heterocycles. The Hall–Kier alpha value is -2.47. The number of aromatic nitrogens is 2. The maximum Gasteiger partial charge on any atom is 0.230 e. The van der Waals surface area contributed by atoms with E-state index in [1.165, 1.54) is 11.8 Å². The van der Waals surface area contributed by atoms with Crippen LogP contribution in [0.2, 0.25) is 0 Å². The molecule has 0 spiro atoms. The monoisotopic (exact) mass is 383 g/mol. The van der Waals surface area contributed by atoms with Crippen LogP contribution >= 0.6 is 11.8 Å². The molecule has 0 saturated heterocycles. The zero-order valence-corrected chi connectivity index (χ0v) is 17.0. The van der Waals surface area contributed by atoms with Crippen LogP contribution in [0.15, 0.2) is 53.7 Å². The summed E-state index contributed by atoms with van der Waals surface area (Å²) in [6, 6.07) is 15.9. The number of rotatable bonds is 6. The predicted octanol–water partition coefficient (Wildman–Crippen LogP) is 4.43. The van der Waals surface area contributed by atoms with Gasteiger partial charge in [0.1, 0.15) is 5.75 Å². The molecule has 0 radical (unpaired) electrons. The Bertz CT molecular complexity index is 927. The molecule has 6 heteroatoms. The summed E-state index contributed by atoms with van der Waals surface area (Å²) in [6.45, 7) is 8.53. The van der Waals surface area contributed by atoms with Crippen molar-refractivity contribution in [3.8, 4) is 11.4 Å². The number of para-hydroxylation sites is 2. The number of amides is 1. The lowest BCUT2D eigenvalue weighted by Crippen LogP contribution is -2.41. The van der Waals surface area contributed by atoms with Gasteiger partial charge < -0.3 is 10.1 Å². The molecule has 0 atom stereocenters. The molecule has 2 aromatic carbocycles. The van der Waals surface area contributed by atoms with Gasteiger partial charge in [-0.05, 0) is 64.1 Å². The largest absolute Gasteiger partial charge is 0.494 e. The highest BCUT2D eigenvalue weighted by Gasteiger charge is 2.17. The summed E-state index contributed by atoms with van der Waals surface area (Å²) in [6.07, 6.45) is 0. The van der Waals surface area contributed by atoms with Crippen molar-refractivity contribution >= 4 is 28.7 Å². The van der Waals surface area contributed by atoms with Crippen LogP contribution < -0.4 is 10.1 Å². The maximum absolute atomic E-state index is 12.2. The molecule has 0 fully saturated rings. The molecular formula is C21H25N3O2S. The number of nitrogens with zero attached hydrogens (tertiary/aromatic N) is 2. The Balaban J connectivity index is 1.91. The van der Waals surface area contributed by atoms with Gasteiger partial charge in [0, 0.05) is 11.2 Å². The summed E-state index contributed by atoms with van der Waals surface area (Å²) in [7, 11) is 0. The topological polar surface area (TPSA) is 56.1 Å². The molecule has 3 rings (SSSR count). The number of hydrogen-bond donors (Lipinski definition) is 1. The molecule has 0 bridgehead atoms. The first-order valence-corrected chi connectivity index (χ1v) is 10.0. The van der Waals surface area contributed by atoms with Crippen molar-refractivity contribution < 1.29 is 9.53 Å². The first kappa shape index (κ1) is 19.3. The highest BCUT2D eigenvalue weighted by atomic mass is 32.2. The Labute approximate surface area is 164 Å². The fourth-order valence-electron chi connectivity index (χ4n) is 2.79. The van der Waals surface area contributed by atoms with E-state index in [0.717, 1.165) is 27.6 Å². The summed E-state index contributed by atoms with van der Waals surface area (Å²) in [5.41, 5.74) is 2.67. The highest BCUT2D eigenvalue weighted by Crippen LogP contribution is 2.29. The Morgan fingerprint density at radius 2 is 1.85 bits per heavy atom. The molecule has 1 N–H and O–H groups in total. The van der Waals surface area contributed by atoms with Gasteiger partial charge in [0.25, 0.3) is 0 Å². The number of nitrogens with one attached hydrogen (secondary N) is 1. The van der Waals surface area contributed by atoms with Crippen LogP contribution in [0.3, 0.4) is 0 Å². The molecule has 0 aliphatic heterocycles. The fraction of sp³-hybridized carbons (Fsp3) is 0.333. The third kappa shape index (κ3) is 4.83. The minimum atomic E-state index is -0.243. The normalized spacial score (nSPS) is 11.6. The second kappa shape index (κ2) is 8.05. The summed E-state index contributed by atoms with van der Waals surface area (Å²) < 4.78 is 7.62. The Kier molecular flexibility index (Phi) is 5.75. The van der Waals surface area contributed by atoms with Crippen molar-refractivity contribution in [2.75, 3.05) is 12.4 Å². The van der Waals surface area contributed by atoms with Crippen molar-refractivity contribution in [2.45, 2.75) is 38.4 Å². The molecule has 5 nitrogen and oxygen atoms in total. The minimum Gasteiger partial charge on any atom is -0.494 e. The molecule has 0 aliphatic carbocycles. The smallest absolute Gasteiger partial charge is 0.230 e. The number of carbonyl (C=O) groups is 1. The van der Waals surface area contributed by atoms with Crippen LogP contribution in [0, 0.1) is 0 Å². The molecular weight excluding hydrogens is 358 g/mol. The number of imidazole rings is 1. The quantitative estimate of drug-likeness (QED) is 0.640. The number of thioether (sulfide) groups is 1. The van der Waals surface area contributed by atoms with Crippen molar-refractivity contribution in [1.82, 2.24) is 14.9 Å². The molecule has 27 heavy (non-hydrogen) atoms. The van der Waals surface area contributed by atoms with Crippen molar-refractivity contribution in [3.63, 3.8) is 0 Å². The Morgan fingerprint density at radius 1 is 1.15 bits per heavy atom. The number of benzene rings is 2. The van der Waals surface area contributed by atoms with Gasteiger partial charge in [-0.15, -0.1) is 0 Å². The zero-order valence-electron chi connectivity index (χ0n) is 16.2. The first-order valence-electron chi connectivity index (χ1n) is 9.02. The maximum atomic E-state index is 12.2. The summed E-state index contributed by atoms with van der Waals surface area (Å²) in [5, 5.41) is 3.79. The van der Waals surface area contributed by atoms with Crippen LogP contribution in [-0.4, -0.2) is 33.4 Å². The predicted molar refractivity (Wildman–Crippen MR) is 111 cm³/mol. The minimum absolute atomic E-state index is 0.00204. The van der Waals surface area contributed by atoms with E-state index < -0.39 is 0 Å². The number of fused-ring (bicyclic) bond motifs is 1. The van der Waals surface area contributed by atoms with Crippen LogP contribution in [0.5, 0.6) is 5.75 Å².